The van der Waals surface area contributed by atoms with Gasteiger partial charge in [-0.25, -0.2) is 9.67 Å². The van der Waals surface area contributed by atoms with Gasteiger partial charge in [0.1, 0.15) is 12.7 Å². The second kappa shape index (κ2) is 8.42. The lowest BCUT2D eigenvalue weighted by atomic mass is 9.79. The first-order chi connectivity index (χ1) is 11.6. The van der Waals surface area contributed by atoms with Crippen LogP contribution < -0.4 is 11.1 Å². The molecule has 1 aliphatic heterocycles. The first-order valence-electron chi connectivity index (χ1n) is 8.18. The van der Waals surface area contributed by atoms with E-state index in [2.05, 4.69) is 15.4 Å². The molecule has 1 aliphatic rings. The summed E-state index contributed by atoms with van der Waals surface area (Å²) in [6.07, 6.45) is 4.49. The monoisotopic (exact) mass is 365 g/mol. The van der Waals surface area contributed by atoms with Gasteiger partial charge in [0.2, 0.25) is 5.91 Å². The number of amides is 1. The molecule has 2 heterocycles. The molecule has 8 heteroatoms. The number of carbonyl (C=O) groups is 1. The smallest absolute Gasteiger partial charge is 0.228 e. The molecule has 3 N–H and O–H groups in total. The summed E-state index contributed by atoms with van der Waals surface area (Å²) in [6, 6.07) is 7.80. The molecule has 1 aromatic heterocycles. The summed E-state index contributed by atoms with van der Waals surface area (Å²) < 4.78 is 7.06. The number of nitrogens with zero attached hydrogens (tertiary/aromatic N) is 3. The summed E-state index contributed by atoms with van der Waals surface area (Å²) >= 11 is 0. The minimum absolute atomic E-state index is 0. The zero-order chi connectivity index (χ0) is 17.0. The van der Waals surface area contributed by atoms with Crippen molar-refractivity contribution >= 4 is 18.3 Å². The third kappa shape index (κ3) is 4.18. The number of rotatable bonds is 5. The zero-order valence-electron chi connectivity index (χ0n) is 14.2. The number of nitrogens with two attached hydrogens (primary N) is 1. The number of hydrogen-bond donors (Lipinski definition) is 2. The van der Waals surface area contributed by atoms with Crippen LogP contribution in [0, 0.1) is 5.41 Å². The molecule has 1 saturated heterocycles. The van der Waals surface area contributed by atoms with Crippen LogP contribution in [0.25, 0.3) is 5.69 Å². The molecular formula is C17H24ClN5O2. The Labute approximate surface area is 153 Å². The van der Waals surface area contributed by atoms with E-state index >= 15 is 0 Å². The van der Waals surface area contributed by atoms with Gasteiger partial charge in [0.15, 0.2) is 0 Å². The third-order valence-corrected chi connectivity index (χ3v) is 4.75. The fourth-order valence-electron chi connectivity index (χ4n) is 2.98. The summed E-state index contributed by atoms with van der Waals surface area (Å²) in [5, 5.41) is 7.20. The Morgan fingerprint density at radius 2 is 2.04 bits per heavy atom. The predicted molar refractivity (Wildman–Crippen MR) is 96.7 cm³/mol. The Hall–Kier alpha value is -1.96. The van der Waals surface area contributed by atoms with Crippen molar-refractivity contribution < 1.29 is 9.53 Å². The minimum Gasteiger partial charge on any atom is -0.381 e. The fraction of sp³-hybridized carbons (Fsp3) is 0.471. The Kier molecular flexibility index (Phi) is 6.52. The molecule has 7 nitrogen and oxygen atoms in total. The van der Waals surface area contributed by atoms with Crippen LogP contribution in [0.5, 0.6) is 0 Å². The van der Waals surface area contributed by atoms with Crippen LogP contribution in [0.4, 0.5) is 0 Å². The summed E-state index contributed by atoms with van der Waals surface area (Å²) in [5.74, 6) is 0.0150. The van der Waals surface area contributed by atoms with Crippen LogP contribution in [0.15, 0.2) is 36.9 Å². The van der Waals surface area contributed by atoms with Gasteiger partial charge in [-0.2, -0.15) is 5.10 Å². The van der Waals surface area contributed by atoms with Gasteiger partial charge in [0, 0.05) is 19.8 Å². The third-order valence-electron chi connectivity index (χ3n) is 4.75. The summed E-state index contributed by atoms with van der Waals surface area (Å²) in [5.41, 5.74) is 7.35. The molecule has 136 valence electrons. The van der Waals surface area contributed by atoms with Crippen molar-refractivity contribution in [3.63, 3.8) is 0 Å². The molecule has 1 fully saturated rings. The molecule has 2 aromatic rings. The highest BCUT2D eigenvalue weighted by atomic mass is 35.5. The first-order valence-corrected chi connectivity index (χ1v) is 8.18. The Morgan fingerprint density at radius 1 is 1.36 bits per heavy atom. The van der Waals surface area contributed by atoms with Gasteiger partial charge in [0.25, 0.3) is 0 Å². The van der Waals surface area contributed by atoms with Crippen molar-refractivity contribution in [2.45, 2.75) is 25.8 Å². The van der Waals surface area contributed by atoms with Gasteiger partial charge >= 0.3 is 0 Å². The molecule has 3 rings (SSSR count). The lowest BCUT2D eigenvalue weighted by molar-refractivity contribution is -0.136. The number of carbonyl (C=O) groups excluding carboxylic acids is 1. The second-order valence-electron chi connectivity index (χ2n) is 6.22. The fourth-order valence-corrected chi connectivity index (χ4v) is 2.98. The highest BCUT2D eigenvalue weighted by molar-refractivity contribution is 5.85. The lowest BCUT2D eigenvalue weighted by Gasteiger charge is -2.35. The molecular weight excluding hydrogens is 342 g/mol. The maximum absolute atomic E-state index is 12.7. The van der Waals surface area contributed by atoms with Crippen molar-refractivity contribution in [3.05, 3.63) is 42.5 Å². The minimum atomic E-state index is -0.507. The normalized spacial score (nSPS) is 17.4. The number of hydrogen-bond acceptors (Lipinski definition) is 5. The van der Waals surface area contributed by atoms with E-state index in [1.54, 1.807) is 11.0 Å². The van der Waals surface area contributed by atoms with E-state index in [9.17, 15) is 4.79 Å². The van der Waals surface area contributed by atoms with Gasteiger partial charge in [-0.1, -0.05) is 12.1 Å². The second-order valence-corrected chi connectivity index (χ2v) is 6.22. The average Bonchev–Trinajstić information content (AvgIpc) is 3.17. The Morgan fingerprint density at radius 3 is 2.60 bits per heavy atom. The Balaban J connectivity index is 0.00000225. The molecule has 25 heavy (non-hydrogen) atoms. The number of nitrogens with one attached hydrogen (secondary N) is 1. The van der Waals surface area contributed by atoms with E-state index in [0.29, 0.717) is 32.6 Å². The van der Waals surface area contributed by atoms with E-state index in [-0.39, 0.29) is 24.4 Å². The summed E-state index contributed by atoms with van der Waals surface area (Å²) in [6.45, 7) is 3.50. The molecule has 1 atom stereocenters. The van der Waals surface area contributed by atoms with Crippen LogP contribution >= 0.6 is 12.4 Å². The topological polar surface area (TPSA) is 95.1 Å². The first kappa shape index (κ1) is 19.4. The molecule has 1 amide bonds. The van der Waals surface area contributed by atoms with E-state index < -0.39 is 5.41 Å². The SMILES string of the molecule is CC(NC(=O)C1(CN)CCOCC1)c1ccc(-n2cncn2)cc1.Cl. The molecule has 0 saturated carbocycles. The standard InChI is InChI=1S/C17H23N5O2.ClH/c1-13(21-16(23)17(10-18)6-8-24-9-7-17)14-2-4-15(5-3-14)22-12-19-11-20-22;/h2-5,11-13H,6-10,18H2,1H3,(H,21,23);1H. The van der Waals surface area contributed by atoms with Crippen molar-refractivity contribution in [2.24, 2.45) is 11.1 Å². The van der Waals surface area contributed by atoms with Crippen molar-refractivity contribution in [2.75, 3.05) is 19.8 Å². The summed E-state index contributed by atoms with van der Waals surface area (Å²) in [4.78, 5) is 16.7. The zero-order valence-corrected chi connectivity index (χ0v) is 15.0. The molecule has 0 radical (unpaired) electrons. The van der Waals surface area contributed by atoms with E-state index in [0.717, 1.165) is 11.3 Å². The molecule has 0 spiro atoms. The molecule has 0 aliphatic carbocycles. The summed E-state index contributed by atoms with van der Waals surface area (Å²) in [7, 11) is 0. The van der Waals surface area contributed by atoms with Crippen LogP contribution in [-0.4, -0.2) is 40.4 Å². The van der Waals surface area contributed by atoms with Crippen molar-refractivity contribution in [1.29, 1.82) is 0 Å². The van der Waals surface area contributed by atoms with Gasteiger partial charge in [-0.3, -0.25) is 4.79 Å². The Bertz CT molecular complexity index is 669. The van der Waals surface area contributed by atoms with Crippen molar-refractivity contribution in [3.8, 4) is 5.69 Å². The van der Waals surface area contributed by atoms with Gasteiger partial charge < -0.3 is 15.8 Å². The average molecular weight is 366 g/mol. The molecule has 1 unspecified atom stereocenters. The van der Waals surface area contributed by atoms with Crippen LogP contribution in [0.3, 0.4) is 0 Å². The van der Waals surface area contributed by atoms with E-state index in [4.69, 9.17) is 10.5 Å². The highest BCUT2D eigenvalue weighted by Gasteiger charge is 2.39. The maximum Gasteiger partial charge on any atom is 0.228 e. The van der Waals surface area contributed by atoms with Gasteiger partial charge in [0.05, 0.1) is 17.1 Å². The lowest BCUT2D eigenvalue weighted by Crippen LogP contribution is -2.49. The molecule has 1 aromatic carbocycles. The number of benzene rings is 1. The van der Waals surface area contributed by atoms with Gasteiger partial charge in [-0.15, -0.1) is 12.4 Å². The van der Waals surface area contributed by atoms with Crippen molar-refractivity contribution in [1.82, 2.24) is 20.1 Å². The van der Waals surface area contributed by atoms with E-state index in [1.807, 2.05) is 31.2 Å². The molecule has 0 bridgehead atoms. The quantitative estimate of drug-likeness (QED) is 0.839. The largest absolute Gasteiger partial charge is 0.381 e. The highest BCUT2D eigenvalue weighted by Crippen LogP contribution is 2.30. The van der Waals surface area contributed by atoms with E-state index in [1.165, 1.54) is 6.33 Å². The number of ether oxygens (including phenoxy) is 1. The van der Waals surface area contributed by atoms with Crippen LogP contribution in [0.2, 0.25) is 0 Å². The number of halogens is 1. The predicted octanol–water partition coefficient (Wildman–Crippen LogP) is 1.62. The van der Waals surface area contributed by atoms with Crippen LogP contribution in [-0.2, 0) is 9.53 Å². The van der Waals surface area contributed by atoms with Gasteiger partial charge in [-0.05, 0) is 37.5 Å². The van der Waals surface area contributed by atoms with Crippen LogP contribution in [0.1, 0.15) is 31.4 Å². The maximum atomic E-state index is 12.7. The number of aromatic nitrogens is 3.